The highest BCUT2D eigenvalue weighted by Gasteiger charge is 1.97. The topological polar surface area (TPSA) is 20.2 Å². The number of aliphatic hydroxyl groups excluding tert-OH is 1. The molecule has 1 heteroatoms. The van der Waals surface area contributed by atoms with E-state index in [-0.39, 0.29) is 0 Å². The van der Waals surface area contributed by atoms with Gasteiger partial charge in [0, 0.05) is 6.61 Å². The van der Waals surface area contributed by atoms with Crippen LogP contribution in [0, 0.1) is 5.92 Å². The van der Waals surface area contributed by atoms with E-state index in [1.165, 1.54) is 5.57 Å². The number of rotatable bonds is 5. The van der Waals surface area contributed by atoms with Crippen molar-refractivity contribution in [1.29, 1.82) is 0 Å². The molecule has 0 spiro atoms. The second-order valence-electron chi connectivity index (χ2n) is 3.26. The second-order valence-corrected chi connectivity index (χ2v) is 3.26. The largest absolute Gasteiger partial charge is 0.396 e. The van der Waals surface area contributed by atoms with Crippen LogP contribution in [0.4, 0.5) is 0 Å². The van der Waals surface area contributed by atoms with Gasteiger partial charge in [-0.3, -0.25) is 0 Å². The molecule has 1 nitrogen and oxygen atoms in total. The van der Waals surface area contributed by atoms with E-state index in [9.17, 15) is 0 Å². The Morgan fingerprint density at radius 3 is 2.64 bits per heavy atom. The molecule has 1 N–H and O–H groups in total. The summed E-state index contributed by atoms with van der Waals surface area (Å²) < 4.78 is 0. The van der Waals surface area contributed by atoms with Gasteiger partial charge in [-0.1, -0.05) is 25.5 Å². The molecule has 0 aromatic rings. The Kier molecular flexibility index (Phi) is 6.24. The molecule has 0 aliphatic carbocycles. The quantitative estimate of drug-likeness (QED) is 0.607. The lowest BCUT2D eigenvalue weighted by Crippen LogP contribution is -1.96. The minimum absolute atomic E-state index is 0.320. The average molecular weight is 156 g/mol. The van der Waals surface area contributed by atoms with E-state index in [0.717, 1.165) is 19.3 Å². The van der Waals surface area contributed by atoms with Crippen molar-refractivity contribution in [2.24, 2.45) is 5.92 Å². The van der Waals surface area contributed by atoms with Gasteiger partial charge in [0.15, 0.2) is 0 Å². The van der Waals surface area contributed by atoms with Gasteiger partial charge in [0.05, 0.1) is 0 Å². The molecule has 0 amide bonds. The minimum Gasteiger partial charge on any atom is -0.396 e. The third-order valence-corrected chi connectivity index (χ3v) is 2.05. The molecule has 0 fully saturated rings. The van der Waals surface area contributed by atoms with E-state index in [4.69, 9.17) is 5.11 Å². The molecule has 0 saturated carbocycles. The van der Waals surface area contributed by atoms with Crippen molar-refractivity contribution in [2.45, 2.75) is 40.0 Å². The summed E-state index contributed by atoms with van der Waals surface area (Å²) in [6.45, 7) is 6.82. The summed E-state index contributed by atoms with van der Waals surface area (Å²) >= 11 is 0. The molecular weight excluding hydrogens is 136 g/mol. The molecule has 0 saturated heterocycles. The Bertz CT molecular complexity index is 116. The number of allylic oxidation sites excluding steroid dienone is 2. The van der Waals surface area contributed by atoms with Gasteiger partial charge in [-0.2, -0.15) is 0 Å². The zero-order valence-electron chi connectivity index (χ0n) is 7.93. The molecule has 0 aromatic heterocycles. The Labute approximate surface area is 70.1 Å². The normalized spacial score (nSPS) is 15.1. The van der Waals surface area contributed by atoms with Gasteiger partial charge in [0.25, 0.3) is 0 Å². The first-order valence-corrected chi connectivity index (χ1v) is 4.47. The van der Waals surface area contributed by atoms with Gasteiger partial charge in [-0.15, -0.1) is 0 Å². The first-order chi connectivity index (χ1) is 5.20. The monoisotopic (exact) mass is 156 g/mol. The fourth-order valence-electron chi connectivity index (χ4n) is 0.885. The van der Waals surface area contributed by atoms with E-state index >= 15 is 0 Å². The molecule has 0 heterocycles. The summed E-state index contributed by atoms with van der Waals surface area (Å²) in [5.41, 5.74) is 1.45. The first-order valence-electron chi connectivity index (χ1n) is 4.47. The van der Waals surface area contributed by atoms with E-state index < -0.39 is 0 Å². The molecule has 0 rings (SSSR count). The molecule has 1 unspecified atom stereocenters. The highest BCUT2D eigenvalue weighted by atomic mass is 16.2. The Balaban J connectivity index is 3.50. The van der Waals surface area contributed by atoms with Crippen molar-refractivity contribution in [3.05, 3.63) is 11.6 Å². The van der Waals surface area contributed by atoms with Crippen LogP contribution in [0.1, 0.15) is 40.0 Å². The molecule has 0 aliphatic rings. The summed E-state index contributed by atoms with van der Waals surface area (Å²) in [6.07, 6.45) is 5.46. The lowest BCUT2D eigenvalue weighted by molar-refractivity contribution is 0.263. The first kappa shape index (κ1) is 10.7. The van der Waals surface area contributed by atoms with Crippen molar-refractivity contribution < 1.29 is 5.11 Å². The Hall–Kier alpha value is -0.300. The third-order valence-electron chi connectivity index (χ3n) is 2.05. The van der Waals surface area contributed by atoms with Gasteiger partial charge >= 0.3 is 0 Å². The highest BCUT2D eigenvalue weighted by molar-refractivity contribution is 4.96. The predicted octanol–water partition coefficient (Wildman–Crippen LogP) is 2.75. The van der Waals surface area contributed by atoms with Gasteiger partial charge in [0.1, 0.15) is 0 Å². The van der Waals surface area contributed by atoms with Crippen molar-refractivity contribution in [3.8, 4) is 0 Å². The highest BCUT2D eigenvalue weighted by Crippen LogP contribution is 2.10. The van der Waals surface area contributed by atoms with Gasteiger partial charge in [-0.05, 0) is 32.1 Å². The summed E-state index contributed by atoms with van der Waals surface area (Å²) in [6, 6.07) is 0. The van der Waals surface area contributed by atoms with Gasteiger partial charge < -0.3 is 5.11 Å². The smallest absolute Gasteiger partial charge is 0.0433 e. The fourth-order valence-corrected chi connectivity index (χ4v) is 0.885. The van der Waals surface area contributed by atoms with Crippen LogP contribution >= 0.6 is 0 Å². The second kappa shape index (κ2) is 6.41. The van der Waals surface area contributed by atoms with E-state index in [0.29, 0.717) is 12.5 Å². The molecule has 0 aliphatic heterocycles. The maximum atomic E-state index is 8.64. The SMILES string of the molecule is CCC(C)=CCC(C)CCO. The fraction of sp³-hybridized carbons (Fsp3) is 0.800. The Morgan fingerprint density at radius 2 is 2.18 bits per heavy atom. The van der Waals surface area contributed by atoms with Crippen LogP contribution in [-0.4, -0.2) is 11.7 Å². The van der Waals surface area contributed by atoms with Crippen LogP contribution < -0.4 is 0 Å². The van der Waals surface area contributed by atoms with Crippen LogP contribution in [0.5, 0.6) is 0 Å². The maximum absolute atomic E-state index is 8.64. The molecule has 1 atom stereocenters. The van der Waals surface area contributed by atoms with Crippen LogP contribution in [0.25, 0.3) is 0 Å². The standard InChI is InChI=1S/C10H20O/c1-4-9(2)5-6-10(3)7-8-11/h5,10-11H,4,6-8H2,1-3H3. The van der Waals surface area contributed by atoms with Crippen LogP contribution in [0.2, 0.25) is 0 Å². The molecule has 0 bridgehead atoms. The lowest BCUT2D eigenvalue weighted by Gasteiger charge is -2.05. The van der Waals surface area contributed by atoms with E-state index in [1.807, 2.05) is 0 Å². The van der Waals surface area contributed by atoms with Gasteiger partial charge in [0.2, 0.25) is 0 Å². The summed E-state index contributed by atoms with van der Waals surface area (Å²) in [4.78, 5) is 0. The Morgan fingerprint density at radius 1 is 1.55 bits per heavy atom. The summed E-state index contributed by atoms with van der Waals surface area (Å²) in [7, 11) is 0. The zero-order chi connectivity index (χ0) is 8.69. The lowest BCUT2D eigenvalue weighted by atomic mass is 10.0. The van der Waals surface area contributed by atoms with E-state index in [1.54, 1.807) is 0 Å². The summed E-state index contributed by atoms with van der Waals surface area (Å²) in [5.74, 6) is 0.626. The summed E-state index contributed by atoms with van der Waals surface area (Å²) in [5, 5.41) is 8.64. The van der Waals surface area contributed by atoms with Crippen LogP contribution in [0.15, 0.2) is 11.6 Å². The number of hydrogen-bond acceptors (Lipinski definition) is 1. The van der Waals surface area contributed by atoms with Crippen molar-refractivity contribution in [2.75, 3.05) is 6.61 Å². The third kappa shape index (κ3) is 6.11. The average Bonchev–Trinajstić information content (AvgIpc) is 2.01. The molecule has 0 aromatic carbocycles. The van der Waals surface area contributed by atoms with Crippen LogP contribution in [-0.2, 0) is 0 Å². The number of hydrogen-bond donors (Lipinski definition) is 1. The molecule has 0 radical (unpaired) electrons. The maximum Gasteiger partial charge on any atom is 0.0433 e. The number of aliphatic hydroxyl groups is 1. The minimum atomic E-state index is 0.320. The van der Waals surface area contributed by atoms with Crippen LogP contribution in [0.3, 0.4) is 0 Å². The van der Waals surface area contributed by atoms with Crippen molar-refractivity contribution in [1.82, 2.24) is 0 Å². The predicted molar refractivity (Wildman–Crippen MR) is 49.5 cm³/mol. The van der Waals surface area contributed by atoms with Crippen molar-refractivity contribution in [3.63, 3.8) is 0 Å². The van der Waals surface area contributed by atoms with Gasteiger partial charge in [-0.25, -0.2) is 0 Å². The molecular formula is C10H20O. The zero-order valence-corrected chi connectivity index (χ0v) is 7.93. The van der Waals surface area contributed by atoms with Crippen molar-refractivity contribution >= 4 is 0 Å². The van der Waals surface area contributed by atoms with E-state index in [2.05, 4.69) is 26.8 Å². The molecule has 11 heavy (non-hydrogen) atoms. The molecule has 66 valence electrons.